The number of carbonyl (C=O) groups excluding carboxylic acids is 1. The van der Waals surface area contributed by atoms with Crippen molar-refractivity contribution >= 4 is 5.91 Å². The zero-order valence-corrected chi connectivity index (χ0v) is 14.5. The maximum Gasteiger partial charge on any atom is 0.243 e. The predicted molar refractivity (Wildman–Crippen MR) is 94.4 cm³/mol. The molecule has 2 aliphatic heterocycles. The molecule has 23 heavy (non-hydrogen) atoms. The molecular weight excluding hydrogens is 284 g/mol. The monoisotopic (exact) mass is 314 g/mol. The first-order valence-corrected chi connectivity index (χ1v) is 9.34. The minimum atomic E-state index is -0.163. The molecule has 2 fully saturated rings. The van der Waals surface area contributed by atoms with Crippen molar-refractivity contribution in [3.63, 3.8) is 0 Å². The van der Waals surface area contributed by atoms with E-state index in [2.05, 4.69) is 47.1 Å². The fourth-order valence-electron chi connectivity index (χ4n) is 4.32. The summed E-state index contributed by atoms with van der Waals surface area (Å²) in [6.07, 6.45) is 7.86. The Bertz CT molecular complexity index is 516. The van der Waals surface area contributed by atoms with Gasteiger partial charge in [-0.1, -0.05) is 43.7 Å². The summed E-state index contributed by atoms with van der Waals surface area (Å²) >= 11 is 0. The minimum absolute atomic E-state index is 0.163. The summed E-state index contributed by atoms with van der Waals surface area (Å²) in [6.45, 7) is 6.24. The third-order valence-corrected chi connectivity index (χ3v) is 5.62. The van der Waals surface area contributed by atoms with Crippen LogP contribution in [-0.2, 0) is 11.2 Å². The molecule has 0 aromatic heterocycles. The Morgan fingerprint density at radius 3 is 2.52 bits per heavy atom. The Balaban J connectivity index is 1.65. The molecule has 3 nitrogen and oxygen atoms in total. The smallest absolute Gasteiger partial charge is 0.243 e. The number of nitrogens with zero attached hydrogens (tertiary/aromatic N) is 2. The molecule has 1 unspecified atom stereocenters. The van der Waals surface area contributed by atoms with E-state index in [0.717, 1.165) is 51.9 Å². The van der Waals surface area contributed by atoms with Gasteiger partial charge in [0.1, 0.15) is 5.54 Å². The Hall–Kier alpha value is -1.35. The number of amides is 1. The lowest BCUT2D eigenvalue weighted by Gasteiger charge is -2.44. The molecule has 1 spiro atoms. The highest BCUT2D eigenvalue weighted by Crippen LogP contribution is 2.38. The second kappa shape index (κ2) is 7.48. The Morgan fingerprint density at radius 1 is 1.04 bits per heavy atom. The summed E-state index contributed by atoms with van der Waals surface area (Å²) in [5.41, 5.74) is 1.17. The zero-order valence-electron chi connectivity index (χ0n) is 14.5. The first-order valence-electron chi connectivity index (χ1n) is 9.34. The lowest BCUT2D eigenvalue weighted by atomic mass is 9.85. The van der Waals surface area contributed by atoms with Gasteiger partial charge in [-0.3, -0.25) is 9.69 Å². The third kappa shape index (κ3) is 3.45. The Kier molecular flexibility index (Phi) is 5.37. The molecule has 2 aliphatic rings. The van der Waals surface area contributed by atoms with Crippen LogP contribution in [0.15, 0.2) is 30.3 Å². The highest BCUT2D eigenvalue weighted by molar-refractivity contribution is 5.87. The van der Waals surface area contributed by atoms with Crippen LogP contribution >= 0.6 is 0 Å². The van der Waals surface area contributed by atoms with Gasteiger partial charge >= 0.3 is 0 Å². The van der Waals surface area contributed by atoms with E-state index in [9.17, 15) is 4.79 Å². The van der Waals surface area contributed by atoms with E-state index in [4.69, 9.17) is 0 Å². The van der Waals surface area contributed by atoms with Crippen molar-refractivity contribution < 1.29 is 4.79 Å². The van der Waals surface area contributed by atoms with E-state index in [0.29, 0.717) is 5.91 Å². The summed E-state index contributed by atoms with van der Waals surface area (Å²) in [7, 11) is 0. The van der Waals surface area contributed by atoms with Crippen molar-refractivity contribution in [3.8, 4) is 0 Å². The van der Waals surface area contributed by atoms with Gasteiger partial charge < -0.3 is 4.90 Å². The number of piperidine rings is 1. The molecule has 1 aromatic rings. The quantitative estimate of drug-likeness (QED) is 0.802. The van der Waals surface area contributed by atoms with E-state index in [1.165, 1.54) is 24.8 Å². The van der Waals surface area contributed by atoms with Crippen LogP contribution in [0.1, 0.15) is 51.0 Å². The molecule has 1 atom stereocenters. The molecular formula is C20H30N2O. The lowest BCUT2D eigenvalue weighted by Crippen LogP contribution is -2.60. The molecule has 2 saturated heterocycles. The van der Waals surface area contributed by atoms with Crippen LogP contribution < -0.4 is 0 Å². The number of hydrogen-bond acceptors (Lipinski definition) is 2. The molecule has 0 radical (unpaired) electrons. The molecule has 126 valence electrons. The standard InChI is InChI=1S/C20H30N2O/c1-2-3-15-22-16-8-13-20(22)12-7-14-21(19(20)23)17-11-18-9-5-4-6-10-18/h4-6,9-10H,2-3,7-8,11-17H2,1H3. The van der Waals surface area contributed by atoms with Gasteiger partial charge in [0.15, 0.2) is 0 Å². The molecule has 0 saturated carbocycles. The summed E-state index contributed by atoms with van der Waals surface area (Å²) in [5, 5.41) is 0. The van der Waals surface area contributed by atoms with Crippen molar-refractivity contribution in [3.05, 3.63) is 35.9 Å². The summed E-state index contributed by atoms with van der Waals surface area (Å²) < 4.78 is 0. The molecule has 2 heterocycles. The largest absolute Gasteiger partial charge is 0.341 e. The summed E-state index contributed by atoms with van der Waals surface area (Å²) in [4.78, 5) is 17.9. The Labute approximate surface area is 140 Å². The van der Waals surface area contributed by atoms with Crippen molar-refractivity contribution in [2.75, 3.05) is 26.2 Å². The average Bonchev–Trinajstić information content (AvgIpc) is 2.99. The van der Waals surface area contributed by atoms with Gasteiger partial charge in [0.25, 0.3) is 0 Å². The molecule has 3 rings (SSSR count). The zero-order chi connectivity index (χ0) is 16.1. The normalized spacial score (nSPS) is 25.4. The second-order valence-corrected chi connectivity index (χ2v) is 7.11. The van der Waals surface area contributed by atoms with Crippen molar-refractivity contribution in [2.24, 2.45) is 0 Å². The predicted octanol–water partition coefficient (Wildman–Crippen LogP) is 3.49. The maximum atomic E-state index is 13.2. The van der Waals surface area contributed by atoms with Crippen LogP contribution in [0.2, 0.25) is 0 Å². The number of unbranched alkanes of at least 4 members (excludes halogenated alkanes) is 1. The topological polar surface area (TPSA) is 23.6 Å². The molecule has 3 heteroatoms. The maximum absolute atomic E-state index is 13.2. The average molecular weight is 314 g/mol. The Morgan fingerprint density at radius 2 is 1.78 bits per heavy atom. The number of carbonyl (C=O) groups is 1. The lowest BCUT2D eigenvalue weighted by molar-refractivity contribution is -0.147. The van der Waals surface area contributed by atoms with E-state index < -0.39 is 0 Å². The van der Waals surface area contributed by atoms with E-state index in [1.807, 2.05) is 0 Å². The van der Waals surface area contributed by atoms with Crippen LogP contribution in [0.3, 0.4) is 0 Å². The number of hydrogen-bond donors (Lipinski definition) is 0. The number of rotatable bonds is 6. The minimum Gasteiger partial charge on any atom is -0.341 e. The molecule has 1 amide bonds. The van der Waals surface area contributed by atoms with Crippen LogP contribution in [-0.4, -0.2) is 47.4 Å². The van der Waals surface area contributed by atoms with Crippen molar-refractivity contribution in [1.29, 1.82) is 0 Å². The van der Waals surface area contributed by atoms with Crippen molar-refractivity contribution in [2.45, 2.75) is 57.4 Å². The first kappa shape index (κ1) is 16.5. The van der Waals surface area contributed by atoms with Crippen molar-refractivity contribution in [1.82, 2.24) is 9.80 Å². The molecule has 1 aromatic carbocycles. The fourth-order valence-corrected chi connectivity index (χ4v) is 4.32. The van der Waals surface area contributed by atoms with Crippen LogP contribution in [0.25, 0.3) is 0 Å². The van der Waals surface area contributed by atoms with Gasteiger partial charge in [-0.25, -0.2) is 0 Å². The number of likely N-dealkylation sites (tertiary alicyclic amines) is 2. The first-order chi connectivity index (χ1) is 11.3. The van der Waals surface area contributed by atoms with Gasteiger partial charge in [0.2, 0.25) is 5.91 Å². The molecule has 0 N–H and O–H groups in total. The van der Waals surface area contributed by atoms with Gasteiger partial charge in [-0.2, -0.15) is 0 Å². The second-order valence-electron chi connectivity index (χ2n) is 7.11. The highest BCUT2D eigenvalue weighted by Gasteiger charge is 2.50. The number of benzene rings is 1. The van der Waals surface area contributed by atoms with Gasteiger partial charge in [-0.05, 0) is 57.2 Å². The van der Waals surface area contributed by atoms with Gasteiger partial charge in [0, 0.05) is 13.1 Å². The molecule has 0 aliphatic carbocycles. The van der Waals surface area contributed by atoms with Gasteiger partial charge in [0.05, 0.1) is 0 Å². The summed E-state index contributed by atoms with van der Waals surface area (Å²) in [6, 6.07) is 10.5. The SMILES string of the molecule is CCCCN1CCCC12CCCN(CCc1ccccc1)C2=O. The fraction of sp³-hybridized carbons (Fsp3) is 0.650. The highest BCUT2D eigenvalue weighted by atomic mass is 16.2. The van der Waals surface area contributed by atoms with Crippen LogP contribution in [0.4, 0.5) is 0 Å². The van der Waals surface area contributed by atoms with E-state index >= 15 is 0 Å². The van der Waals surface area contributed by atoms with Crippen LogP contribution in [0.5, 0.6) is 0 Å². The summed E-state index contributed by atoms with van der Waals surface area (Å²) in [5.74, 6) is 0.410. The van der Waals surface area contributed by atoms with E-state index in [-0.39, 0.29) is 5.54 Å². The van der Waals surface area contributed by atoms with E-state index in [1.54, 1.807) is 0 Å². The van der Waals surface area contributed by atoms with Gasteiger partial charge in [-0.15, -0.1) is 0 Å². The third-order valence-electron chi connectivity index (χ3n) is 5.62. The van der Waals surface area contributed by atoms with Crippen LogP contribution in [0, 0.1) is 0 Å². The molecule has 0 bridgehead atoms.